The Kier molecular flexibility index (Phi) is 7.83. The van der Waals surface area contributed by atoms with Crippen molar-refractivity contribution >= 4 is 29.4 Å². The molecule has 0 saturated carbocycles. The SMILES string of the molecule is CN1CCN(CCNC(=O)CC2SC(c3ccccc3)C3C(=NNC3(C)c3ccccc3)NC2=O)CC1. The summed E-state index contributed by atoms with van der Waals surface area (Å²) in [7, 11) is 2.13. The number of amidine groups is 1. The number of fused-ring (bicyclic) bond motifs is 1. The Morgan fingerprint density at radius 2 is 1.76 bits per heavy atom. The van der Waals surface area contributed by atoms with E-state index < -0.39 is 10.8 Å². The monoisotopic (exact) mass is 520 g/mol. The molecule has 4 unspecified atom stereocenters. The van der Waals surface area contributed by atoms with E-state index >= 15 is 0 Å². The highest BCUT2D eigenvalue weighted by molar-refractivity contribution is 8.01. The van der Waals surface area contributed by atoms with Crippen molar-refractivity contribution in [1.29, 1.82) is 0 Å². The van der Waals surface area contributed by atoms with Gasteiger partial charge in [0, 0.05) is 50.9 Å². The maximum absolute atomic E-state index is 13.3. The summed E-state index contributed by atoms with van der Waals surface area (Å²) in [6.45, 7) is 7.70. The summed E-state index contributed by atoms with van der Waals surface area (Å²) in [5.41, 5.74) is 5.05. The van der Waals surface area contributed by atoms with Gasteiger partial charge in [-0.15, -0.1) is 11.8 Å². The van der Waals surface area contributed by atoms with Crippen LogP contribution < -0.4 is 16.1 Å². The van der Waals surface area contributed by atoms with Crippen molar-refractivity contribution in [3.05, 3.63) is 71.8 Å². The molecule has 0 radical (unpaired) electrons. The minimum atomic E-state index is -0.512. The van der Waals surface area contributed by atoms with E-state index in [0.717, 1.165) is 43.9 Å². The maximum atomic E-state index is 13.3. The van der Waals surface area contributed by atoms with Gasteiger partial charge in [-0.05, 0) is 25.1 Å². The highest BCUT2D eigenvalue weighted by Gasteiger charge is 2.52. The molecule has 37 heavy (non-hydrogen) atoms. The number of rotatable bonds is 7. The highest BCUT2D eigenvalue weighted by Crippen LogP contribution is 2.50. The molecule has 9 heteroatoms. The first-order valence-corrected chi connectivity index (χ1v) is 14.0. The van der Waals surface area contributed by atoms with Gasteiger partial charge < -0.3 is 15.5 Å². The summed E-state index contributed by atoms with van der Waals surface area (Å²) >= 11 is 1.57. The molecule has 2 aromatic rings. The zero-order valence-corrected chi connectivity index (χ0v) is 22.3. The molecule has 0 bridgehead atoms. The van der Waals surface area contributed by atoms with E-state index in [1.807, 2.05) is 36.4 Å². The van der Waals surface area contributed by atoms with Crippen LogP contribution in [0.1, 0.15) is 29.7 Å². The van der Waals surface area contributed by atoms with E-state index in [9.17, 15) is 9.59 Å². The van der Waals surface area contributed by atoms with Gasteiger partial charge in [0.1, 0.15) is 5.84 Å². The maximum Gasteiger partial charge on any atom is 0.239 e. The van der Waals surface area contributed by atoms with Crippen LogP contribution in [-0.4, -0.2) is 79.0 Å². The molecule has 3 aliphatic heterocycles. The first-order chi connectivity index (χ1) is 17.9. The van der Waals surface area contributed by atoms with Crippen molar-refractivity contribution < 1.29 is 9.59 Å². The van der Waals surface area contributed by atoms with Gasteiger partial charge in [0.05, 0.1) is 16.7 Å². The number of thioether (sulfide) groups is 1. The van der Waals surface area contributed by atoms with Gasteiger partial charge in [-0.2, -0.15) is 5.10 Å². The fourth-order valence-electron chi connectivity index (χ4n) is 5.41. The zero-order chi connectivity index (χ0) is 25.8. The smallest absolute Gasteiger partial charge is 0.239 e. The first kappa shape index (κ1) is 25.8. The van der Waals surface area contributed by atoms with E-state index in [4.69, 9.17) is 0 Å². The molecule has 196 valence electrons. The van der Waals surface area contributed by atoms with Crippen molar-refractivity contribution in [2.45, 2.75) is 29.4 Å². The summed E-state index contributed by atoms with van der Waals surface area (Å²) in [6.07, 6.45) is 0.137. The topological polar surface area (TPSA) is 89.1 Å². The predicted octanol–water partition coefficient (Wildman–Crippen LogP) is 2.16. The van der Waals surface area contributed by atoms with Gasteiger partial charge in [-0.25, -0.2) is 0 Å². The van der Waals surface area contributed by atoms with Crippen LogP contribution >= 0.6 is 11.8 Å². The Morgan fingerprint density at radius 3 is 2.46 bits per heavy atom. The van der Waals surface area contributed by atoms with Crippen molar-refractivity contribution in [2.75, 3.05) is 46.3 Å². The molecule has 2 amide bonds. The summed E-state index contributed by atoms with van der Waals surface area (Å²) < 4.78 is 0. The number of hydrogen-bond donors (Lipinski definition) is 3. The van der Waals surface area contributed by atoms with Crippen LogP contribution in [0.25, 0.3) is 0 Å². The zero-order valence-electron chi connectivity index (χ0n) is 21.5. The minimum absolute atomic E-state index is 0.0674. The molecule has 8 nitrogen and oxygen atoms in total. The average molecular weight is 521 g/mol. The van der Waals surface area contributed by atoms with E-state index in [2.05, 4.69) is 69.2 Å². The lowest BCUT2D eigenvalue weighted by atomic mass is 9.76. The van der Waals surface area contributed by atoms with Crippen LogP contribution in [-0.2, 0) is 15.1 Å². The second kappa shape index (κ2) is 11.2. The van der Waals surface area contributed by atoms with Crippen molar-refractivity contribution in [1.82, 2.24) is 25.9 Å². The third-order valence-corrected chi connectivity index (χ3v) is 9.25. The van der Waals surface area contributed by atoms with Gasteiger partial charge in [0.15, 0.2) is 0 Å². The van der Waals surface area contributed by atoms with Gasteiger partial charge in [0.2, 0.25) is 11.8 Å². The number of likely N-dealkylation sites (N-methyl/N-ethyl adjacent to an activating group) is 1. The quantitative estimate of drug-likeness (QED) is 0.519. The van der Waals surface area contributed by atoms with Crippen molar-refractivity contribution in [3.8, 4) is 0 Å². The van der Waals surface area contributed by atoms with Crippen LogP contribution in [0, 0.1) is 5.92 Å². The van der Waals surface area contributed by atoms with Crippen molar-refractivity contribution in [3.63, 3.8) is 0 Å². The summed E-state index contributed by atoms with van der Waals surface area (Å²) in [6, 6.07) is 20.5. The van der Waals surface area contributed by atoms with E-state index in [1.54, 1.807) is 11.8 Å². The van der Waals surface area contributed by atoms with Crippen molar-refractivity contribution in [2.24, 2.45) is 11.0 Å². The normalized spacial score (nSPS) is 28.4. The number of piperazine rings is 1. The molecule has 0 aromatic heterocycles. The Bertz CT molecular complexity index is 1120. The van der Waals surface area contributed by atoms with Gasteiger partial charge >= 0.3 is 0 Å². The summed E-state index contributed by atoms with van der Waals surface area (Å²) in [4.78, 5) is 31.0. The second-order valence-electron chi connectivity index (χ2n) is 10.3. The van der Waals surface area contributed by atoms with E-state index in [0.29, 0.717) is 12.4 Å². The number of nitrogens with one attached hydrogen (secondary N) is 3. The van der Waals surface area contributed by atoms with Crippen LogP contribution in [0.5, 0.6) is 0 Å². The number of carbonyl (C=O) groups is 2. The third kappa shape index (κ3) is 5.68. The third-order valence-electron chi connectivity index (χ3n) is 7.70. The van der Waals surface area contributed by atoms with E-state index in [-0.39, 0.29) is 29.4 Å². The number of nitrogens with zero attached hydrogens (tertiary/aromatic N) is 3. The number of hydrazone groups is 1. The second-order valence-corrected chi connectivity index (χ2v) is 11.6. The fraction of sp³-hybridized carbons (Fsp3) is 0.464. The van der Waals surface area contributed by atoms with E-state index in [1.165, 1.54) is 0 Å². The van der Waals surface area contributed by atoms with Gasteiger partial charge in [-0.1, -0.05) is 60.7 Å². The molecular formula is C28H36N6O2S. The molecule has 2 saturated heterocycles. The molecular weight excluding hydrogens is 484 g/mol. The molecule has 2 aromatic carbocycles. The first-order valence-electron chi connectivity index (χ1n) is 13.0. The molecule has 0 spiro atoms. The number of carbonyl (C=O) groups excluding carboxylic acids is 2. The molecule has 3 heterocycles. The largest absolute Gasteiger partial charge is 0.355 e. The molecule has 4 atom stereocenters. The average Bonchev–Trinajstić information content (AvgIpc) is 3.17. The van der Waals surface area contributed by atoms with Gasteiger partial charge in [0.25, 0.3) is 0 Å². The lowest BCUT2D eigenvalue weighted by Gasteiger charge is -2.36. The Labute approximate surface area is 223 Å². The van der Waals surface area contributed by atoms with Crippen LogP contribution in [0.2, 0.25) is 0 Å². The fourth-order valence-corrected chi connectivity index (χ4v) is 7.07. The van der Waals surface area contributed by atoms with Crippen LogP contribution in [0.15, 0.2) is 65.8 Å². The molecule has 3 N–H and O–H groups in total. The number of hydrogen-bond acceptors (Lipinski definition) is 7. The summed E-state index contributed by atoms with van der Waals surface area (Å²) in [5.74, 6) is 0.263. The number of benzene rings is 2. The molecule has 0 aliphatic carbocycles. The minimum Gasteiger partial charge on any atom is -0.355 e. The van der Waals surface area contributed by atoms with Gasteiger partial charge in [-0.3, -0.25) is 19.9 Å². The summed E-state index contributed by atoms with van der Waals surface area (Å²) in [5, 5.41) is 10.1. The Morgan fingerprint density at radius 1 is 1.08 bits per heavy atom. The van der Waals surface area contributed by atoms with Crippen LogP contribution in [0.4, 0.5) is 0 Å². The Balaban J connectivity index is 1.31. The lowest BCUT2D eigenvalue weighted by Crippen LogP contribution is -2.47. The molecule has 2 fully saturated rings. The molecule has 3 aliphatic rings. The standard InChI is InChI=1S/C28H36N6O2S/c1-28(21-11-7-4-8-12-21)24-25(20-9-5-3-6-10-20)37-22(27(36)30-26(24)31-32-28)19-23(35)29-13-14-34-17-15-33(2)16-18-34/h3-12,22,24-25,32H,13-19H2,1-2H3,(H,29,35)(H,30,31,36). The highest BCUT2D eigenvalue weighted by atomic mass is 32.2. The Hall–Kier alpha value is -2.88. The predicted molar refractivity (Wildman–Crippen MR) is 148 cm³/mol. The number of amides is 2. The lowest BCUT2D eigenvalue weighted by molar-refractivity contribution is -0.125. The molecule has 5 rings (SSSR count). The van der Waals surface area contributed by atoms with Crippen LogP contribution in [0.3, 0.4) is 0 Å².